The van der Waals surface area contributed by atoms with E-state index in [2.05, 4.69) is 10.3 Å². The molecule has 7 nitrogen and oxygen atoms in total. The van der Waals surface area contributed by atoms with Crippen molar-refractivity contribution < 1.29 is 14.7 Å². The Labute approximate surface area is 181 Å². The molecule has 2 N–H and O–H groups in total. The van der Waals surface area contributed by atoms with Gasteiger partial charge in [-0.2, -0.15) is 0 Å². The van der Waals surface area contributed by atoms with Crippen molar-refractivity contribution in [3.63, 3.8) is 0 Å². The molecule has 2 heterocycles. The first-order valence-corrected chi connectivity index (χ1v) is 10.5. The van der Waals surface area contributed by atoms with Crippen molar-refractivity contribution in [2.24, 2.45) is 0 Å². The fourth-order valence-corrected chi connectivity index (χ4v) is 3.95. The van der Waals surface area contributed by atoms with Crippen molar-refractivity contribution in [2.75, 3.05) is 19.7 Å². The van der Waals surface area contributed by atoms with Crippen LogP contribution in [0.25, 0.3) is 0 Å². The predicted octanol–water partition coefficient (Wildman–Crippen LogP) is 2.17. The number of aromatic nitrogens is 2. The lowest BCUT2D eigenvalue weighted by molar-refractivity contribution is -0.134. The molecule has 0 fully saturated rings. The Kier molecular flexibility index (Phi) is 6.43. The van der Waals surface area contributed by atoms with E-state index in [9.17, 15) is 14.7 Å². The average Bonchev–Trinajstić information content (AvgIpc) is 3.24. The van der Waals surface area contributed by atoms with Gasteiger partial charge in [-0.05, 0) is 17.5 Å². The van der Waals surface area contributed by atoms with Gasteiger partial charge in [-0.25, -0.2) is 4.98 Å². The van der Waals surface area contributed by atoms with Crippen LogP contribution in [-0.4, -0.2) is 51.1 Å². The molecule has 31 heavy (non-hydrogen) atoms. The summed E-state index contributed by atoms with van der Waals surface area (Å²) in [6.07, 6.45) is 2.57. The van der Waals surface area contributed by atoms with Crippen LogP contribution in [0, 0.1) is 0 Å². The van der Waals surface area contributed by atoms with Crippen LogP contribution in [0.2, 0.25) is 0 Å². The second-order valence-corrected chi connectivity index (χ2v) is 7.54. The number of aliphatic hydroxyl groups excluding tert-OH is 1. The number of carbonyl (C=O) groups excluding carboxylic acids is 2. The molecule has 3 aromatic rings. The van der Waals surface area contributed by atoms with Crippen LogP contribution in [0.5, 0.6) is 0 Å². The van der Waals surface area contributed by atoms with Crippen LogP contribution >= 0.6 is 0 Å². The molecule has 4 rings (SSSR count). The van der Waals surface area contributed by atoms with Crippen LogP contribution in [-0.2, 0) is 17.8 Å². The normalized spacial score (nSPS) is 15.4. The molecule has 1 aliphatic rings. The molecule has 2 aromatic carbocycles. The van der Waals surface area contributed by atoms with Gasteiger partial charge >= 0.3 is 0 Å². The lowest BCUT2D eigenvalue weighted by atomic mass is 10.0. The van der Waals surface area contributed by atoms with E-state index in [-0.39, 0.29) is 30.9 Å². The van der Waals surface area contributed by atoms with Crippen LogP contribution in [0.1, 0.15) is 39.9 Å². The summed E-state index contributed by atoms with van der Waals surface area (Å²) in [6, 6.07) is 19.3. The van der Waals surface area contributed by atoms with Crippen molar-refractivity contribution >= 4 is 11.8 Å². The highest BCUT2D eigenvalue weighted by Gasteiger charge is 2.34. The molecule has 1 aromatic heterocycles. The van der Waals surface area contributed by atoms with Gasteiger partial charge in [0.2, 0.25) is 5.91 Å². The standard InChI is InChI=1S/C24H26N4O3/c29-16-12-21(30)28-15-14-27-17-20(24(31)25-13-11-18-7-3-1-4-8-18)26-23(27)22(28)19-9-5-2-6-10-19/h1-10,17,22,29H,11-16H2,(H,25,31). The minimum Gasteiger partial charge on any atom is -0.396 e. The van der Waals surface area contributed by atoms with Crippen molar-refractivity contribution in [1.29, 1.82) is 0 Å². The number of carbonyl (C=O) groups is 2. The third-order valence-corrected chi connectivity index (χ3v) is 5.48. The lowest BCUT2D eigenvalue weighted by Gasteiger charge is -2.36. The number of rotatable bonds is 7. The first-order valence-electron chi connectivity index (χ1n) is 10.5. The maximum Gasteiger partial charge on any atom is 0.271 e. The van der Waals surface area contributed by atoms with Crippen molar-refractivity contribution in [1.82, 2.24) is 19.8 Å². The van der Waals surface area contributed by atoms with Gasteiger partial charge in [0.15, 0.2) is 0 Å². The second-order valence-electron chi connectivity index (χ2n) is 7.54. The minimum atomic E-state index is -0.389. The molecule has 1 atom stereocenters. The highest BCUT2D eigenvalue weighted by atomic mass is 16.3. The Hall–Kier alpha value is -3.45. The number of benzene rings is 2. The third-order valence-electron chi connectivity index (χ3n) is 5.48. The molecule has 1 aliphatic heterocycles. The predicted molar refractivity (Wildman–Crippen MR) is 116 cm³/mol. The Morgan fingerprint density at radius 2 is 1.74 bits per heavy atom. The Morgan fingerprint density at radius 3 is 2.45 bits per heavy atom. The molecule has 0 radical (unpaired) electrons. The van der Waals surface area contributed by atoms with Gasteiger partial charge in [0.25, 0.3) is 5.91 Å². The summed E-state index contributed by atoms with van der Waals surface area (Å²) in [5.74, 6) is 0.314. The summed E-state index contributed by atoms with van der Waals surface area (Å²) in [6.45, 7) is 1.38. The summed E-state index contributed by atoms with van der Waals surface area (Å²) < 4.78 is 1.95. The highest BCUT2D eigenvalue weighted by Crippen LogP contribution is 2.32. The second kappa shape index (κ2) is 9.57. The average molecular weight is 418 g/mol. The Morgan fingerprint density at radius 1 is 1.03 bits per heavy atom. The highest BCUT2D eigenvalue weighted by molar-refractivity contribution is 5.92. The first kappa shape index (κ1) is 20.8. The van der Waals surface area contributed by atoms with Crippen molar-refractivity contribution in [2.45, 2.75) is 25.4 Å². The number of hydrogen-bond acceptors (Lipinski definition) is 4. The number of hydrogen-bond donors (Lipinski definition) is 2. The number of nitrogens with one attached hydrogen (secondary N) is 1. The number of aliphatic hydroxyl groups is 1. The smallest absolute Gasteiger partial charge is 0.271 e. The molecule has 0 bridgehead atoms. The van der Waals surface area contributed by atoms with E-state index in [1.54, 1.807) is 11.1 Å². The van der Waals surface area contributed by atoms with Crippen molar-refractivity contribution in [3.8, 4) is 0 Å². The van der Waals surface area contributed by atoms with Gasteiger partial charge < -0.3 is 19.9 Å². The molecular formula is C24H26N4O3. The summed E-state index contributed by atoms with van der Waals surface area (Å²) in [5.41, 5.74) is 2.44. The van der Waals surface area contributed by atoms with E-state index >= 15 is 0 Å². The Bertz CT molecular complexity index is 1030. The fourth-order valence-electron chi connectivity index (χ4n) is 3.95. The number of fused-ring (bicyclic) bond motifs is 1. The quantitative estimate of drug-likeness (QED) is 0.616. The van der Waals surface area contributed by atoms with Gasteiger partial charge in [0.1, 0.15) is 17.6 Å². The SMILES string of the molecule is O=C(NCCc1ccccc1)c1cn2c(n1)C(c1ccccc1)N(C(=O)CCO)CC2. The maximum atomic E-state index is 12.7. The summed E-state index contributed by atoms with van der Waals surface area (Å²) in [4.78, 5) is 31.7. The van der Waals surface area contributed by atoms with E-state index in [1.165, 1.54) is 0 Å². The van der Waals surface area contributed by atoms with E-state index < -0.39 is 0 Å². The zero-order valence-corrected chi connectivity index (χ0v) is 17.3. The third kappa shape index (κ3) is 4.67. The molecule has 2 amide bonds. The van der Waals surface area contributed by atoms with Gasteiger partial charge in [0, 0.05) is 32.3 Å². The number of imidazole rings is 1. The summed E-state index contributed by atoms with van der Waals surface area (Å²) in [5, 5.41) is 12.2. The molecular weight excluding hydrogens is 392 g/mol. The van der Waals surface area contributed by atoms with Gasteiger partial charge in [-0.15, -0.1) is 0 Å². The molecule has 160 valence electrons. The largest absolute Gasteiger partial charge is 0.396 e. The first-order chi connectivity index (χ1) is 15.2. The van der Waals surface area contributed by atoms with E-state index in [4.69, 9.17) is 0 Å². The zero-order valence-electron chi connectivity index (χ0n) is 17.3. The van der Waals surface area contributed by atoms with Crippen LogP contribution in [0.4, 0.5) is 0 Å². The van der Waals surface area contributed by atoms with Crippen molar-refractivity contribution in [3.05, 3.63) is 89.5 Å². The topological polar surface area (TPSA) is 87.5 Å². The maximum absolute atomic E-state index is 12.7. The summed E-state index contributed by atoms with van der Waals surface area (Å²) in [7, 11) is 0. The minimum absolute atomic E-state index is 0.0663. The van der Waals surface area contributed by atoms with Gasteiger partial charge in [-0.1, -0.05) is 60.7 Å². The van der Waals surface area contributed by atoms with Gasteiger partial charge in [0.05, 0.1) is 6.61 Å². The molecule has 0 saturated carbocycles. The lowest BCUT2D eigenvalue weighted by Crippen LogP contribution is -2.43. The van der Waals surface area contributed by atoms with Crippen LogP contribution in [0.15, 0.2) is 66.9 Å². The van der Waals surface area contributed by atoms with E-state index in [1.807, 2.05) is 65.2 Å². The molecule has 0 aliphatic carbocycles. The zero-order chi connectivity index (χ0) is 21.6. The Balaban J connectivity index is 1.54. The fraction of sp³-hybridized carbons (Fsp3) is 0.292. The van der Waals surface area contributed by atoms with E-state index in [0.717, 1.165) is 17.5 Å². The molecule has 0 spiro atoms. The van der Waals surface area contributed by atoms with E-state index in [0.29, 0.717) is 31.2 Å². The van der Waals surface area contributed by atoms with Crippen LogP contribution < -0.4 is 5.32 Å². The summed E-state index contributed by atoms with van der Waals surface area (Å²) >= 11 is 0. The monoisotopic (exact) mass is 418 g/mol. The molecule has 1 unspecified atom stereocenters. The molecule has 0 saturated heterocycles. The molecule has 7 heteroatoms. The number of amides is 2. The van der Waals surface area contributed by atoms with Crippen LogP contribution in [0.3, 0.4) is 0 Å². The number of nitrogens with zero attached hydrogens (tertiary/aromatic N) is 3. The van der Waals surface area contributed by atoms with Gasteiger partial charge in [-0.3, -0.25) is 9.59 Å².